The summed E-state index contributed by atoms with van der Waals surface area (Å²) in [5, 5.41) is 0. The third-order valence-electron chi connectivity index (χ3n) is 5.28. The van der Waals surface area contributed by atoms with Crippen molar-refractivity contribution in [2.24, 2.45) is 0 Å². The number of benzene rings is 3. The van der Waals surface area contributed by atoms with Gasteiger partial charge >= 0.3 is 29.6 Å². The monoisotopic (exact) mass is 462 g/mol. The van der Waals surface area contributed by atoms with Gasteiger partial charge in [-0.15, -0.1) is 0 Å². The molecule has 3 aromatic rings. The molecule has 8 heteroatoms. The molecule has 0 bridgehead atoms. The third-order valence-corrected chi connectivity index (χ3v) is 6.13. The molecule has 0 aliphatic heterocycles. The Bertz CT molecular complexity index is 1090. The number of anilines is 2. The Balaban J connectivity index is 0.00000363. The van der Waals surface area contributed by atoms with Crippen LogP contribution < -0.4 is 44.1 Å². The predicted molar refractivity (Wildman–Crippen MR) is 123 cm³/mol. The molecule has 3 rings (SSSR count). The molecule has 32 heavy (non-hydrogen) atoms. The van der Waals surface area contributed by atoms with E-state index in [2.05, 4.69) is 0 Å². The molecule has 0 spiro atoms. The molecule has 0 amide bonds. The van der Waals surface area contributed by atoms with Crippen molar-refractivity contribution in [3.63, 3.8) is 0 Å². The van der Waals surface area contributed by atoms with Crippen LogP contribution in [0.1, 0.15) is 22.6 Å². The first-order chi connectivity index (χ1) is 14.6. The van der Waals surface area contributed by atoms with Crippen molar-refractivity contribution in [2.45, 2.75) is 10.8 Å². The van der Waals surface area contributed by atoms with Crippen LogP contribution in [0, 0.1) is 0 Å². The van der Waals surface area contributed by atoms with Gasteiger partial charge in [-0.3, -0.25) is 0 Å². The maximum Gasteiger partial charge on any atom is 1.00 e. The van der Waals surface area contributed by atoms with Crippen molar-refractivity contribution in [3.8, 4) is 5.75 Å². The summed E-state index contributed by atoms with van der Waals surface area (Å²) in [5.41, 5.74) is 4.79. The van der Waals surface area contributed by atoms with Crippen LogP contribution in [-0.2, 0) is 10.1 Å². The summed E-state index contributed by atoms with van der Waals surface area (Å²) in [6.45, 7) is 0. The van der Waals surface area contributed by atoms with E-state index in [0.717, 1.165) is 22.5 Å². The van der Waals surface area contributed by atoms with E-state index in [1.54, 1.807) is 6.07 Å². The van der Waals surface area contributed by atoms with E-state index in [1.807, 2.05) is 86.5 Å². The minimum absolute atomic E-state index is 0. The van der Waals surface area contributed by atoms with Gasteiger partial charge in [0.25, 0.3) is 0 Å². The average molecular weight is 463 g/mol. The molecule has 6 nitrogen and oxygen atoms in total. The largest absolute Gasteiger partial charge is 1.00 e. The first-order valence-electron chi connectivity index (χ1n) is 9.80. The fraction of sp³-hybridized carbons (Fsp3) is 0.250. The molecule has 3 aromatic carbocycles. The van der Waals surface area contributed by atoms with Gasteiger partial charge in [0.2, 0.25) is 0 Å². The minimum atomic E-state index is -4.69. The Morgan fingerprint density at radius 2 is 1.16 bits per heavy atom. The van der Waals surface area contributed by atoms with Crippen LogP contribution in [0.25, 0.3) is 0 Å². The first kappa shape index (κ1) is 26.2. The molecular formula is C24H27N2NaO4S. The van der Waals surface area contributed by atoms with Crippen molar-refractivity contribution in [1.29, 1.82) is 0 Å². The molecule has 0 aromatic heterocycles. The second-order valence-corrected chi connectivity index (χ2v) is 9.12. The Hall–Kier alpha value is -2.03. The average Bonchev–Trinajstić information content (AvgIpc) is 2.74. The number of hydrogen-bond donors (Lipinski definition) is 0. The van der Waals surface area contributed by atoms with E-state index in [1.165, 1.54) is 19.2 Å². The Morgan fingerprint density at radius 1 is 0.750 bits per heavy atom. The normalized spacial score (nSPS) is 11.1. The van der Waals surface area contributed by atoms with E-state index in [4.69, 9.17) is 4.74 Å². The van der Waals surface area contributed by atoms with Gasteiger partial charge in [-0.05, 0) is 53.1 Å². The van der Waals surface area contributed by atoms with E-state index >= 15 is 0 Å². The molecule has 0 aliphatic rings. The number of nitrogens with zero attached hydrogens (tertiary/aromatic N) is 2. The molecule has 0 radical (unpaired) electrons. The maximum absolute atomic E-state index is 11.9. The summed E-state index contributed by atoms with van der Waals surface area (Å²) in [6, 6.07) is 20.9. The van der Waals surface area contributed by atoms with Crippen molar-refractivity contribution in [3.05, 3.63) is 83.4 Å². The van der Waals surface area contributed by atoms with Crippen LogP contribution in [0.5, 0.6) is 5.75 Å². The second kappa shape index (κ2) is 10.7. The molecule has 0 unspecified atom stereocenters. The quantitative estimate of drug-likeness (QED) is 0.295. The summed E-state index contributed by atoms with van der Waals surface area (Å²) in [7, 11) is 4.55. The molecule has 164 valence electrons. The summed E-state index contributed by atoms with van der Waals surface area (Å²) in [5.74, 6) is -0.206. The van der Waals surface area contributed by atoms with Crippen LogP contribution in [0.2, 0.25) is 0 Å². The third kappa shape index (κ3) is 5.85. The van der Waals surface area contributed by atoms with Crippen molar-refractivity contribution in [2.75, 3.05) is 45.1 Å². The van der Waals surface area contributed by atoms with Crippen LogP contribution in [0.4, 0.5) is 11.4 Å². The van der Waals surface area contributed by atoms with Crippen molar-refractivity contribution in [1.82, 2.24) is 0 Å². The van der Waals surface area contributed by atoms with Crippen molar-refractivity contribution < 1.29 is 47.3 Å². The molecule has 0 N–H and O–H groups in total. The summed E-state index contributed by atoms with van der Waals surface area (Å²) < 4.78 is 40.7. The molecule has 0 saturated carbocycles. The van der Waals surface area contributed by atoms with Gasteiger partial charge in [0.1, 0.15) is 15.9 Å². The number of methoxy groups -OCH3 is 1. The maximum atomic E-state index is 11.9. The van der Waals surface area contributed by atoms with Crippen LogP contribution in [0.15, 0.2) is 71.6 Å². The predicted octanol–water partition coefficient (Wildman–Crippen LogP) is 0.916. The fourth-order valence-corrected chi connectivity index (χ4v) is 4.25. The van der Waals surface area contributed by atoms with E-state index in [-0.39, 0.29) is 46.1 Å². The molecule has 0 aliphatic carbocycles. The zero-order chi connectivity index (χ0) is 22.8. The zero-order valence-corrected chi connectivity index (χ0v) is 22.2. The smallest absolute Gasteiger partial charge is 0.744 e. The Kier molecular flexibility index (Phi) is 8.79. The van der Waals surface area contributed by atoms with E-state index in [9.17, 15) is 13.0 Å². The molecular weight excluding hydrogens is 435 g/mol. The minimum Gasteiger partial charge on any atom is -0.744 e. The SMILES string of the molecule is COc1ccc(C(c2ccc(N(C)C)cc2)c2ccc(N(C)C)cc2)cc1S(=O)(=O)[O-].[Na+]. The van der Waals surface area contributed by atoms with E-state index < -0.39 is 10.1 Å². The number of ether oxygens (including phenoxy) is 1. The van der Waals surface area contributed by atoms with Gasteiger partial charge < -0.3 is 19.1 Å². The van der Waals surface area contributed by atoms with E-state index in [0.29, 0.717) is 5.56 Å². The summed E-state index contributed by atoms with van der Waals surface area (Å²) in [6.07, 6.45) is 0. The second-order valence-electron chi connectivity index (χ2n) is 7.77. The molecule has 0 heterocycles. The van der Waals surface area contributed by atoms with Crippen molar-refractivity contribution >= 4 is 21.5 Å². The fourth-order valence-electron chi connectivity index (χ4n) is 3.58. The Morgan fingerprint density at radius 3 is 1.50 bits per heavy atom. The molecule has 0 atom stereocenters. The standard InChI is InChI=1S/C24H28N2O4S.Na/c1-25(2)20-11-6-17(7-12-20)24(18-8-13-21(14-9-18)26(3)4)19-10-15-22(30-5)23(16-19)31(27,28)29;/h6-16,24H,1-5H3,(H,27,28,29);/q;+1/p-1. The van der Waals surface area contributed by atoms with Gasteiger partial charge in [0.15, 0.2) is 0 Å². The Labute approximate surface area is 212 Å². The zero-order valence-electron chi connectivity index (χ0n) is 19.4. The summed E-state index contributed by atoms with van der Waals surface area (Å²) >= 11 is 0. The molecule has 0 saturated heterocycles. The van der Waals surface area contributed by atoms with Gasteiger partial charge in [0.05, 0.1) is 12.0 Å². The van der Waals surface area contributed by atoms with Crippen LogP contribution >= 0.6 is 0 Å². The van der Waals surface area contributed by atoms with Gasteiger partial charge in [-0.2, -0.15) is 0 Å². The number of hydrogen-bond acceptors (Lipinski definition) is 6. The van der Waals surface area contributed by atoms with Crippen LogP contribution in [-0.4, -0.2) is 48.3 Å². The van der Waals surface area contributed by atoms with Gasteiger partial charge in [-0.25, -0.2) is 8.42 Å². The topological polar surface area (TPSA) is 72.9 Å². The summed E-state index contributed by atoms with van der Waals surface area (Å²) in [4.78, 5) is 3.67. The number of rotatable bonds is 7. The van der Waals surface area contributed by atoms with Gasteiger partial charge in [-0.1, -0.05) is 30.3 Å². The molecule has 0 fully saturated rings. The first-order valence-corrected chi connectivity index (χ1v) is 11.2. The van der Waals surface area contributed by atoms with Gasteiger partial charge in [0, 0.05) is 45.5 Å². The van der Waals surface area contributed by atoms with Crippen LogP contribution in [0.3, 0.4) is 0 Å².